The molecule has 2 rings (SSSR count). The van der Waals surface area contributed by atoms with E-state index in [9.17, 15) is 0 Å². The first kappa shape index (κ1) is 14.4. The van der Waals surface area contributed by atoms with E-state index in [4.69, 9.17) is 4.74 Å². The van der Waals surface area contributed by atoms with Crippen molar-refractivity contribution in [3.63, 3.8) is 0 Å². The Labute approximate surface area is 116 Å². The molecular formula is C16H26N2O. The van der Waals surface area contributed by atoms with Crippen molar-refractivity contribution in [3.8, 4) is 5.75 Å². The fourth-order valence-electron chi connectivity index (χ4n) is 3.22. The van der Waals surface area contributed by atoms with E-state index in [1.54, 1.807) is 7.11 Å². The van der Waals surface area contributed by atoms with Crippen molar-refractivity contribution in [2.75, 3.05) is 27.7 Å². The topological polar surface area (TPSA) is 33.3 Å². The lowest BCUT2D eigenvalue weighted by atomic mass is 9.86. The van der Waals surface area contributed by atoms with Crippen LogP contribution in [0.25, 0.3) is 0 Å². The van der Waals surface area contributed by atoms with Gasteiger partial charge in [0, 0.05) is 18.0 Å². The molecule has 0 spiro atoms. The smallest absolute Gasteiger partial charge is 0.122 e. The number of methoxy groups -OCH3 is 1. The lowest BCUT2D eigenvalue weighted by molar-refractivity contribution is 0.344. The summed E-state index contributed by atoms with van der Waals surface area (Å²) in [4.78, 5) is 0. The predicted molar refractivity (Wildman–Crippen MR) is 79.9 cm³/mol. The van der Waals surface area contributed by atoms with E-state index in [0.717, 1.165) is 12.3 Å². The molecule has 1 fully saturated rings. The minimum atomic E-state index is 0.384. The summed E-state index contributed by atoms with van der Waals surface area (Å²) in [6.07, 6.45) is 2.59. The molecule has 0 aliphatic heterocycles. The normalized spacial score (nSPS) is 18.2. The van der Waals surface area contributed by atoms with Crippen LogP contribution in [0.2, 0.25) is 0 Å². The maximum atomic E-state index is 5.41. The number of rotatable bonds is 6. The molecule has 1 aliphatic carbocycles. The summed E-state index contributed by atoms with van der Waals surface area (Å²) >= 11 is 0. The van der Waals surface area contributed by atoms with Gasteiger partial charge >= 0.3 is 0 Å². The van der Waals surface area contributed by atoms with Crippen LogP contribution in [0.4, 0.5) is 0 Å². The van der Waals surface area contributed by atoms with Crippen molar-refractivity contribution in [2.24, 2.45) is 5.41 Å². The van der Waals surface area contributed by atoms with Gasteiger partial charge in [-0.1, -0.05) is 6.07 Å². The molecule has 0 radical (unpaired) electrons. The van der Waals surface area contributed by atoms with E-state index >= 15 is 0 Å². The highest BCUT2D eigenvalue weighted by Gasteiger charge is 2.49. The first-order valence-corrected chi connectivity index (χ1v) is 7.05. The average Bonchev–Trinajstić information content (AvgIpc) is 3.17. The second kappa shape index (κ2) is 5.51. The van der Waals surface area contributed by atoms with Crippen LogP contribution in [0, 0.1) is 19.3 Å². The minimum absolute atomic E-state index is 0.384. The average molecular weight is 262 g/mol. The zero-order chi connectivity index (χ0) is 14.0. The summed E-state index contributed by atoms with van der Waals surface area (Å²) in [5.41, 5.74) is 4.39. The van der Waals surface area contributed by atoms with Crippen LogP contribution in [-0.2, 0) is 0 Å². The van der Waals surface area contributed by atoms with Crippen LogP contribution in [0.5, 0.6) is 5.75 Å². The molecule has 1 saturated carbocycles. The molecule has 106 valence electrons. The fraction of sp³-hybridized carbons (Fsp3) is 0.625. The molecule has 3 nitrogen and oxygen atoms in total. The Balaban J connectivity index is 2.37. The summed E-state index contributed by atoms with van der Waals surface area (Å²) in [7, 11) is 5.85. The SMILES string of the molecule is CNCC1(C(NC)c2ccc(OC)c(C)c2C)CC1. The van der Waals surface area contributed by atoms with Gasteiger partial charge in [0.15, 0.2) is 0 Å². The summed E-state index contributed by atoms with van der Waals surface area (Å²) < 4.78 is 5.41. The van der Waals surface area contributed by atoms with Crippen molar-refractivity contribution >= 4 is 0 Å². The largest absolute Gasteiger partial charge is 0.496 e. The zero-order valence-electron chi connectivity index (χ0n) is 12.8. The maximum absolute atomic E-state index is 5.41. The third kappa shape index (κ3) is 2.49. The highest BCUT2D eigenvalue weighted by Crippen LogP contribution is 2.55. The van der Waals surface area contributed by atoms with Crippen molar-refractivity contribution < 1.29 is 4.74 Å². The highest BCUT2D eigenvalue weighted by atomic mass is 16.5. The number of ether oxygens (including phenoxy) is 1. The van der Waals surface area contributed by atoms with Crippen molar-refractivity contribution in [2.45, 2.75) is 32.7 Å². The number of hydrogen-bond donors (Lipinski definition) is 2. The maximum Gasteiger partial charge on any atom is 0.122 e. The number of nitrogens with one attached hydrogen (secondary N) is 2. The molecule has 1 aliphatic rings. The van der Waals surface area contributed by atoms with E-state index < -0.39 is 0 Å². The Kier molecular flexibility index (Phi) is 4.16. The van der Waals surface area contributed by atoms with Crippen LogP contribution in [-0.4, -0.2) is 27.7 Å². The molecule has 0 aromatic heterocycles. The van der Waals surface area contributed by atoms with E-state index in [1.165, 1.54) is 29.5 Å². The van der Waals surface area contributed by atoms with Crippen molar-refractivity contribution in [1.82, 2.24) is 10.6 Å². The second-order valence-electron chi connectivity index (χ2n) is 5.72. The first-order chi connectivity index (χ1) is 9.09. The molecule has 1 unspecified atom stereocenters. The third-order valence-electron chi connectivity index (χ3n) is 4.63. The van der Waals surface area contributed by atoms with E-state index in [0.29, 0.717) is 11.5 Å². The lowest BCUT2D eigenvalue weighted by Gasteiger charge is -2.29. The monoisotopic (exact) mass is 262 g/mol. The van der Waals surface area contributed by atoms with Gasteiger partial charge in [-0.25, -0.2) is 0 Å². The van der Waals surface area contributed by atoms with Gasteiger partial charge in [0.1, 0.15) is 5.75 Å². The third-order valence-corrected chi connectivity index (χ3v) is 4.63. The van der Waals surface area contributed by atoms with Gasteiger partial charge in [0.2, 0.25) is 0 Å². The Bertz CT molecular complexity index is 452. The number of hydrogen-bond acceptors (Lipinski definition) is 3. The minimum Gasteiger partial charge on any atom is -0.496 e. The summed E-state index contributed by atoms with van der Waals surface area (Å²) in [6, 6.07) is 4.74. The molecule has 0 heterocycles. The molecular weight excluding hydrogens is 236 g/mol. The predicted octanol–water partition coefficient (Wildman–Crippen LogP) is 2.57. The highest BCUT2D eigenvalue weighted by molar-refractivity contribution is 5.45. The van der Waals surface area contributed by atoms with Crippen LogP contribution in [0.3, 0.4) is 0 Å². The molecule has 1 aromatic rings. The van der Waals surface area contributed by atoms with Gasteiger partial charge < -0.3 is 15.4 Å². The van der Waals surface area contributed by atoms with Crippen LogP contribution < -0.4 is 15.4 Å². The molecule has 0 amide bonds. The molecule has 1 aromatic carbocycles. The van der Waals surface area contributed by atoms with Crippen molar-refractivity contribution in [1.29, 1.82) is 0 Å². The Morgan fingerprint density at radius 2 is 1.89 bits per heavy atom. The number of benzene rings is 1. The molecule has 19 heavy (non-hydrogen) atoms. The van der Waals surface area contributed by atoms with Gasteiger partial charge in [0.25, 0.3) is 0 Å². The van der Waals surface area contributed by atoms with E-state index in [-0.39, 0.29) is 0 Å². The van der Waals surface area contributed by atoms with Crippen molar-refractivity contribution in [3.05, 3.63) is 28.8 Å². The van der Waals surface area contributed by atoms with Crippen LogP contribution >= 0.6 is 0 Å². The Morgan fingerprint density at radius 1 is 1.21 bits per heavy atom. The van der Waals surface area contributed by atoms with Gasteiger partial charge in [-0.15, -0.1) is 0 Å². The quantitative estimate of drug-likeness (QED) is 0.826. The van der Waals surface area contributed by atoms with E-state index in [2.05, 4.69) is 43.7 Å². The summed E-state index contributed by atoms with van der Waals surface area (Å²) in [6.45, 7) is 5.41. The van der Waals surface area contributed by atoms with Crippen LogP contribution in [0.1, 0.15) is 35.6 Å². The first-order valence-electron chi connectivity index (χ1n) is 7.05. The van der Waals surface area contributed by atoms with E-state index in [1.807, 2.05) is 7.05 Å². The second-order valence-corrected chi connectivity index (χ2v) is 5.72. The molecule has 2 N–H and O–H groups in total. The van der Waals surface area contributed by atoms with Gasteiger partial charge in [-0.2, -0.15) is 0 Å². The fourth-order valence-corrected chi connectivity index (χ4v) is 3.22. The zero-order valence-corrected chi connectivity index (χ0v) is 12.8. The van der Waals surface area contributed by atoms with Gasteiger partial charge in [-0.05, 0) is 63.5 Å². The Hall–Kier alpha value is -1.06. The summed E-state index contributed by atoms with van der Waals surface area (Å²) in [5.74, 6) is 0.981. The molecule has 0 saturated heterocycles. The molecule has 3 heteroatoms. The van der Waals surface area contributed by atoms with Gasteiger partial charge in [-0.3, -0.25) is 0 Å². The molecule has 1 atom stereocenters. The standard InChI is InChI=1S/C16H26N2O/c1-11-12(2)14(19-5)7-6-13(11)15(18-4)16(8-9-16)10-17-3/h6-7,15,17-18H,8-10H2,1-5H3. The molecule has 0 bridgehead atoms. The van der Waals surface area contributed by atoms with Gasteiger partial charge in [0.05, 0.1) is 7.11 Å². The van der Waals surface area contributed by atoms with Crippen LogP contribution in [0.15, 0.2) is 12.1 Å². The lowest BCUT2D eigenvalue weighted by Crippen LogP contribution is -2.34. The summed E-state index contributed by atoms with van der Waals surface area (Å²) in [5, 5.41) is 6.88. The Morgan fingerprint density at radius 3 is 2.37 bits per heavy atom.